The maximum atomic E-state index is 8.93. The summed E-state index contributed by atoms with van der Waals surface area (Å²) >= 11 is 1.81. The second-order valence-corrected chi connectivity index (χ2v) is 4.38. The fourth-order valence-corrected chi connectivity index (χ4v) is 1.86. The highest BCUT2D eigenvalue weighted by atomic mass is 32.2. The Morgan fingerprint density at radius 3 is 2.36 bits per heavy atom. The van der Waals surface area contributed by atoms with Crippen LogP contribution in [0.1, 0.15) is 26.7 Å². The van der Waals surface area contributed by atoms with Gasteiger partial charge in [-0.25, -0.2) is 0 Å². The molecule has 0 aromatic rings. The van der Waals surface area contributed by atoms with Crippen molar-refractivity contribution < 1.29 is 10.2 Å². The molecule has 2 unspecified atom stereocenters. The Balaban J connectivity index is 3.10. The fourth-order valence-electron chi connectivity index (χ4n) is 0.705. The van der Waals surface area contributed by atoms with E-state index in [0.29, 0.717) is 5.25 Å². The zero-order valence-electron chi connectivity index (χ0n) is 7.29. The predicted molar refractivity (Wildman–Crippen MR) is 49.9 cm³/mol. The number of aliphatic hydroxyl groups excluding tert-OH is 2. The number of hydrogen-bond acceptors (Lipinski definition) is 3. The third-order valence-corrected chi connectivity index (χ3v) is 2.75. The van der Waals surface area contributed by atoms with Crippen LogP contribution in [0.2, 0.25) is 0 Å². The molecule has 0 aliphatic heterocycles. The van der Waals surface area contributed by atoms with Crippen LogP contribution in [0.4, 0.5) is 0 Å². The summed E-state index contributed by atoms with van der Waals surface area (Å²) in [4.78, 5) is 0. The molecule has 11 heavy (non-hydrogen) atoms. The first-order valence-corrected chi connectivity index (χ1v) is 5.12. The standard InChI is InChI=1S/C8H18O2S/c1-7(10)4-6-11-8(2)3-5-9/h7-10H,3-6H2,1-2H3. The largest absolute Gasteiger partial charge is 0.396 e. The van der Waals surface area contributed by atoms with E-state index in [0.717, 1.165) is 18.6 Å². The van der Waals surface area contributed by atoms with Gasteiger partial charge >= 0.3 is 0 Å². The van der Waals surface area contributed by atoms with E-state index in [1.54, 1.807) is 6.92 Å². The van der Waals surface area contributed by atoms with E-state index in [-0.39, 0.29) is 12.7 Å². The van der Waals surface area contributed by atoms with Gasteiger partial charge in [-0.1, -0.05) is 6.92 Å². The van der Waals surface area contributed by atoms with E-state index in [4.69, 9.17) is 10.2 Å². The first kappa shape index (κ1) is 11.3. The Hall–Kier alpha value is 0.270. The molecule has 0 aliphatic carbocycles. The van der Waals surface area contributed by atoms with Crippen LogP contribution in [0.5, 0.6) is 0 Å². The van der Waals surface area contributed by atoms with Gasteiger partial charge in [-0.05, 0) is 25.5 Å². The van der Waals surface area contributed by atoms with E-state index >= 15 is 0 Å². The van der Waals surface area contributed by atoms with Gasteiger partial charge in [0.1, 0.15) is 0 Å². The van der Waals surface area contributed by atoms with E-state index in [2.05, 4.69) is 6.92 Å². The van der Waals surface area contributed by atoms with Gasteiger partial charge in [0.15, 0.2) is 0 Å². The van der Waals surface area contributed by atoms with Crippen LogP contribution in [0.15, 0.2) is 0 Å². The molecule has 68 valence electrons. The maximum Gasteiger partial charge on any atom is 0.0520 e. The zero-order valence-corrected chi connectivity index (χ0v) is 8.10. The van der Waals surface area contributed by atoms with Crippen LogP contribution < -0.4 is 0 Å². The van der Waals surface area contributed by atoms with Crippen LogP contribution in [0, 0.1) is 0 Å². The van der Waals surface area contributed by atoms with Gasteiger partial charge in [0.05, 0.1) is 6.10 Å². The van der Waals surface area contributed by atoms with Crippen molar-refractivity contribution in [2.45, 2.75) is 38.0 Å². The summed E-state index contributed by atoms with van der Waals surface area (Å²) in [7, 11) is 0. The van der Waals surface area contributed by atoms with Crippen molar-refractivity contribution >= 4 is 11.8 Å². The van der Waals surface area contributed by atoms with Gasteiger partial charge in [-0.2, -0.15) is 11.8 Å². The van der Waals surface area contributed by atoms with E-state index in [9.17, 15) is 0 Å². The molecule has 0 aromatic carbocycles. The molecule has 0 rings (SSSR count). The lowest BCUT2D eigenvalue weighted by molar-refractivity contribution is 0.192. The molecule has 0 spiro atoms. The van der Waals surface area contributed by atoms with Gasteiger partial charge < -0.3 is 10.2 Å². The van der Waals surface area contributed by atoms with E-state index in [1.807, 2.05) is 11.8 Å². The Bertz CT molecular complexity index is 86.2. The summed E-state index contributed by atoms with van der Waals surface area (Å²) in [5.74, 6) is 0.985. The minimum Gasteiger partial charge on any atom is -0.396 e. The highest BCUT2D eigenvalue weighted by Gasteiger charge is 2.02. The molecule has 3 heteroatoms. The van der Waals surface area contributed by atoms with Crippen LogP contribution >= 0.6 is 11.8 Å². The highest BCUT2D eigenvalue weighted by Crippen LogP contribution is 2.15. The molecular formula is C8H18O2S. The molecule has 2 atom stereocenters. The average molecular weight is 178 g/mol. The van der Waals surface area contributed by atoms with Crippen LogP contribution in [-0.2, 0) is 0 Å². The summed E-state index contributed by atoms with van der Waals surface area (Å²) in [6.45, 7) is 4.17. The Morgan fingerprint density at radius 2 is 1.91 bits per heavy atom. The molecule has 0 aliphatic rings. The SMILES string of the molecule is CC(O)CCSC(C)CCO. The third-order valence-electron chi connectivity index (χ3n) is 1.47. The topological polar surface area (TPSA) is 40.5 Å². The van der Waals surface area contributed by atoms with Gasteiger partial charge in [0.25, 0.3) is 0 Å². The molecule has 2 nitrogen and oxygen atoms in total. The van der Waals surface area contributed by atoms with Crippen LogP contribution in [0.3, 0.4) is 0 Å². The monoisotopic (exact) mass is 178 g/mol. The molecule has 0 radical (unpaired) electrons. The normalized spacial score (nSPS) is 16.4. The van der Waals surface area contributed by atoms with Crippen LogP contribution in [-0.4, -0.2) is 33.9 Å². The Morgan fingerprint density at radius 1 is 1.27 bits per heavy atom. The number of thioether (sulfide) groups is 1. The first-order valence-electron chi connectivity index (χ1n) is 4.07. The Kier molecular flexibility index (Phi) is 7.12. The average Bonchev–Trinajstić information content (AvgIpc) is 1.87. The van der Waals surface area contributed by atoms with Crippen molar-refractivity contribution in [2.24, 2.45) is 0 Å². The number of aliphatic hydroxyl groups is 2. The first-order chi connectivity index (χ1) is 5.16. The minimum atomic E-state index is -0.191. The summed E-state index contributed by atoms with van der Waals surface area (Å²) in [5, 5.41) is 18.0. The van der Waals surface area contributed by atoms with E-state index < -0.39 is 0 Å². The van der Waals surface area contributed by atoms with Crippen molar-refractivity contribution in [3.8, 4) is 0 Å². The van der Waals surface area contributed by atoms with Gasteiger partial charge in [0, 0.05) is 11.9 Å². The summed E-state index contributed by atoms with van der Waals surface area (Å²) < 4.78 is 0. The van der Waals surface area contributed by atoms with Gasteiger partial charge in [-0.3, -0.25) is 0 Å². The van der Waals surface area contributed by atoms with Crippen LogP contribution in [0.25, 0.3) is 0 Å². The summed E-state index contributed by atoms with van der Waals surface area (Å²) in [6, 6.07) is 0. The molecule has 0 aromatic heterocycles. The fraction of sp³-hybridized carbons (Fsp3) is 1.00. The predicted octanol–water partition coefficient (Wildman–Crippen LogP) is 1.26. The summed E-state index contributed by atoms with van der Waals surface area (Å²) in [5.41, 5.74) is 0. The lowest BCUT2D eigenvalue weighted by Crippen LogP contribution is -2.05. The van der Waals surface area contributed by atoms with Crippen molar-refractivity contribution in [1.29, 1.82) is 0 Å². The quantitative estimate of drug-likeness (QED) is 0.643. The smallest absolute Gasteiger partial charge is 0.0520 e. The maximum absolute atomic E-state index is 8.93. The second kappa shape index (κ2) is 6.95. The van der Waals surface area contributed by atoms with Gasteiger partial charge in [0.2, 0.25) is 0 Å². The Labute approximate surface area is 73.0 Å². The van der Waals surface area contributed by atoms with Crippen molar-refractivity contribution in [3.63, 3.8) is 0 Å². The molecule has 2 N–H and O–H groups in total. The minimum absolute atomic E-state index is 0.191. The van der Waals surface area contributed by atoms with Crippen molar-refractivity contribution in [1.82, 2.24) is 0 Å². The second-order valence-electron chi connectivity index (χ2n) is 2.83. The zero-order chi connectivity index (χ0) is 8.69. The molecule has 0 amide bonds. The molecule has 0 heterocycles. The molecular weight excluding hydrogens is 160 g/mol. The molecule has 0 fully saturated rings. The van der Waals surface area contributed by atoms with Gasteiger partial charge in [-0.15, -0.1) is 0 Å². The number of hydrogen-bond donors (Lipinski definition) is 2. The number of rotatable bonds is 6. The third kappa shape index (κ3) is 8.17. The van der Waals surface area contributed by atoms with Crippen molar-refractivity contribution in [3.05, 3.63) is 0 Å². The lowest BCUT2D eigenvalue weighted by atomic mass is 10.3. The highest BCUT2D eigenvalue weighted by molar-refractivity contribution is 7.99. The molecule has 0 saturated heterocycles. The summed E-state index contributed by atoms with van der Waals surface area (Å²) in [6.07, 6.45) is 1.51. The molecule has 0 saturated carbocycles. The van der Waals surface area contributed by atoms with Crippen molar-refractivity contribution in [2.75, 3.05) is 12.4 Å². The lowest BCUT2D eigenvalue weighted by Gasteiger charge is -2.09. The molecule has 0 bridgehead atoms. The van der Waals surface area contributed by atoms with E-state index in [1.165, 1.54) is 0 Å².